The molecule has 1 aliphatic rings. The molecule has 1 fully saturated rings. The summed E-state index contributed by atoms with van der Waals surface area (Å²) in [7, 11) is -3.76. The van der Waals surface area contributed by atoms with Gasteiger partial charge < -0.3 is 9.64 Å². The Balaban J connectivity index is 1.91. The average Bonchev–Trinajstić information content (AvgIpc) is 2.69. The Morgan fingerprint density at radius 1 is 1.19 bits per heavy atom. The Morgan fingerprint density at radius 2 is 1.93 bits per heavy atom. The lowest BCUT2D eigenvalue weighted by Gasteiger charge is -2.31. The minimum atomic E-state index is -3.76. The molecule has 0 saturated carbocycles. The normalized spacial score (nSPS) is 17.6. The quantitative estimate of drug-likeness (QED) is 0.790. The van der Waals surface area contributed by atoms with Crippen molar-refractivity contribution in [3.63, 3.8) is 0 Å². The monoisotopic (exact) mass is 388 g/mol. The van der Waals surface area contributed by atoms with Crippen molar-refractivity contribution in [1.29, 1.82) is 0 Å². The summed E-state index contributed by atoms with van der Waals surface area (Å²) >= 11 is 0. The van der Waals surface area contributed by atoms with Crippen molar-refractivity contribution in [3.8, 4) is 0 Å². The Hall–Kier alpha value is -2.38. The molecule has 144 valence electrons. The molecule has 0 aliphatic carbocycles. The second kappa shape index (κ2) is 8.10. The Labute approximate surface area is 160 Å². The van der Waals surface area contributed by atoms with Gasteiger partial charge in [0.2, 0.25) is 0 Å². The highest BCUT2D eigenvalue weighted by Crippen LogP contribution is 2.24. The lowest BCUT2D eigenvalue weighted by atomic mass is 10.2. The van der Waals surface area contributed by atoms with E-state index >= 15 is 0 Å². The summed E-state index contributed by atoms with van der Waals surface area (Å²) in [5, 5.41) is 0. The minimum absolute atomic E-state index is 0.0247. The van der Waals surface area contributed by atoms with Crippen LogP contribution in [-0.2, 0) is 14.8 Å². The van der Waals surface area contributed by atoms with Crippen LogP contribution in [0.4, 0.5) is 5.69 Å². The van der Waals surface area contributed by atoms with E-state index in [1.54, 1.807) is 48.2 Å². The van der Waals surface area contributed by atoms with Gasteiger partial charge in [0.15, 0.2) is 0 Å². The molecule has 1 saturated heterocycles. The van der Waals surface area contributed by atoms with Crippen LogP contribution < -0.4 is 4.31 Å². The molecule has 6 nitrogen and oxygen atoms in total. The molecule has 1 aliphatic heterocycles. The van der Waals surface area contributed by atoms with Gasteiger partial charge in [-0.3, -0.25) is 9.10 Å². The zero-order valence-electron chi connectivity index (χ0n) is 15.5. The molecule has 0 radical (unpaired) electrons. The smallest absolute Gasteiger partial charge is 0.264 e. The van der Waals surface area contributed by atoms with E-state index in [1.807, 2.05) is 13.0 Å². The number of sulfonamides is 1. The molecule has 1 atom stereocenters. The Morgan fingerprint density at radius 3 is 2.59 bits per heavy atom. The number of benzene rings is 2. The van der Waals surface area contributed by atoms with Gasteiger partial charge in [0.1, 0.15) is 0 Å². The summed E-state index contributed by atoms with van der Waals surface area (Å²) in [5.41, 5.74) is 0.966. The molecular formula is C20H24N2O4S. The molecule has 2 aromatic rings. The van der Waals surface area contributed by atoms with Crippen LogP contribution >= 0.6 is 0 Å². The molecule has 7 heteroatoms. The number of hydrogen-bond acceptors (Lipinski definition) is 4. The fourth-order valence-electron chi connectivity index (χ4n) is 3.19. The van der Waals surface area contributed by atoms with Gasteiger partial charge >= 0.3 is 0 Å². The fourth-order valence-corrected chi connectivity index (χ4v) is 4.71. The third-order valence-corrected chi connectivity index (χ3v) is 6.43. The number of hydrogen-bond donors (Lipinski definition) is 0. The first-order chi connectivity index (χ1) is 12.9. The van der Waals surface area contributed by atoms with E-state index in [1.165, 1.54) is 16.4 Å². The van der Waals surface area contributed by atoms with E-state index in [4.69, 9.17) is 4.74 Å². The molecule has 27 heavy (non-hydrogen) atoms. The first-order valence-corrected chi connectivity index (χ1v) is 10.5. The van der Waals surface area contributed by atoms with Gasteiger partial charge in [-0.1, -0.05) is 24.3 Å². The van der Waals surface area contributed by atoms with E-state index in [0.29, 0.717) is 37.5 Å². The number of rotatable bonds is 5. The van der Waals surface area contributed by atoms with Gasteiger partial charge in [-0.25, -0.2) is 8.42 Å². The summed E-state index contributed by atoms with van der Waals surface area (Å²) in [6.45, 7) is 5.49. The molecule has 0 aromatic heterocycles. The standard InChI is InChI=1S/C20H24N2O4S/c1-3-22(18-9-5-4-6-10-18)27(24,25)19-11-7-8-17(14-19)20(23)21-12-13-26-16(2)15-21/h4-11,14,16H,3,12-13,15H2,1-2H3. The van der Waals surface area contributed by atoms with E-state index in [9.17, 15) is 13.2 Å². The highest BCUT2D eigenvalue weighted by molar-refractivity contribution is 7.92. The number of carbonyl (C=O) groups is 1. The van der Waals surface area contributed by atoms with E-state index in [-0.39, 0.29) is 16.9 Å². The van der Waals surface area contributed by atoms with Gasteiger partial charge in [0.25, 0.3) is 15.9 Å². The highest BCUT2D eigenvalue weighted by atomic mass is 32.2. The number of amides is 1. The number of ether oxygens (including phenoxy) is 1. The largest absolute Gasteiger partial charge is 0.375 e. The van der Waals surface area contributed by atoms with Gasteiger partial charge in [0.05, 0.1) is 23.3 Å². The van der Waals surface area contributed by atoms with Crippen molar-refractivity contribution in [2.75, 3.05) is 30.5 Å². The molecule has 1 amide bonds. The van der Waals surface area contributed by atoms with E-state index in [0.717, 1.165) is 0 Å². The van der Waals surface area contributed by atoms with Crippen LogP contribution in [0.3, 0.4) is 0 Å². The van der Waals surface area contributed by atoms with Crippen LogP contribution in [0.1, 0.15) is 24.2 Å². The van der Waals surface area contributed by atoms with Crippen LogP contribution in [-0.4, -0.2) is 51.6 Å². The zero-order valence-corrected chi connectivity index (χ0v) is 16.4. The lowest BCUT2D eigenvalue weighted by Crippen LogP contribution is -2.44. The van der Waals surface area contributed by atoms with Gasteiger partial charge in [-0.2, -0.15) is 0 Å². The van der Waals surface area contributed by atoms with Crippen molar-refractivity contribution in [1.82, 2.24) is 4.90 Å². The van der Waals surface area contributed by atoms with Crippen molar-refractivity contribution in [2.24, 2.45) is 0 Å². The molecule has 0 N–H and O–H groups in total. The molecule has 0 spiro atoms. The van der Waals surface area contributed by atoms with Crippen molar-refractivity contribution in [3.05, 3.63) is 60.2 Å². The molecule has 2 aromatic carbocycles. The van der Waals surface area contributed by atoms with Crippen molar-refractivity contribution < 1.29 is 17.9 Å². The Kier molecular flexibility index (Phi) is 5.82. The molecular weight excluding hydrogens is 364 g/mol. The second-order valence-corrected chi connectivity index (χ2v) is 8.33. The average molecular weight is 388 g/mol. The number of morpholine rings is 1. The maximum Gasteiger partial charge on any atom is 0.264 e. The predicted molar refractivity (Wildman–Crippen MR) is 104 cm³/mol. The minimum Gasteiger partial charge on any atom is -0.375 e. The van der Waals surface area contributed by atoms with Gasteiger partial charge in [-0.05, 0) is 44.2 Å². The summed E-state index contributed by atoms with van der Waals surface area (Å²) < 4.78 is 33.1. The van der Waals surface area contributed by atoms with Crippen LogP contribution in [0.15, 0.2) is 59.5 Å². The van der Waals surface area contributed by atoms with Crippen LogP contribution in [0, 0.1) is 0 Å². The number of nitrogens with zero attached hydrogens (tertiary/aromatic N) is 2. The molecule has 0 bridgehead atoms. The van der Waals surface area contributed by atoms with Gasteiger partial charge in [0, 0.05) is 25.2 Å². The highest BCUT2D eigenvalue weighted by Gasteiger charge is 2.26. The molecule has 1 heterocycles. The summed E-state index contributed by atoms with van der Waals surface area (Å²) in [6.07, 6.45) is -0.0247. The second-order valence-electron chi connectivity index (χ2n) is 6.47. The van der Waals surface area contributed by atoms with Gasteiger partial charge in [-0.15, -0.1) is 0 Å². The molecule has 1 unspecified atom stereocenters. The van der Waals surface area contributed by atoms with Crippen molar-refractivity contribution in [2.45, 2.75) is 24.8 Å². The first kappa shape index (κ1) is 19.4. The van der Waals surface area contributed by atoms with E-state index in [2.05, 4.69) is 0 Å². The number of carbonyl (C=O) groups excluding carboxylic acids is 1. The topological polar surface area (TPSA) is 66.9 Å². The summed E-state index contributed by atoms with van der Waals surface area (Å²) in [4.78, 5) is 14.6. The first-order valence-electron chi connectivity index (χ1n) is 9.02. The molecule has 3 rings (SSSR count). The predicted octanol–water partition coefficient (Wildman–Crippen LogP) is 2.76. The number of para-hydroxylation sites is 1. The SMILES string of the molecule is CCN(c1ccccc1)S(=O)(=O)c1cccc(C(=O)N2CCOC(C)C2)c1. The lowest BCUT2D eigenvalue weighted by molar-refractivity contribution is -0.0124. The zero-order chi connectivity index (χ0) is 19.4. The number of anilines is 1. The van der Waals surface area contributed by atoms with Crippen LogP contribution in [0.5, 0.6) is 0 Å². The van der Waals surface area contributed by atoms with Crippen LogP contribution in [0.25, 0.3) is 0 Å². The maximum absolute atomic E-state index is 13.1. The summed E-state index contributed by atoms with van der Waals surface area (Å²) in [6, 6.07) is 15.2. The fraction of sp³-hybridized carbons (Fsp3) is 0.350. The third-order valence-electron chi connectivity index (χ3n) is 4.53. The van der Waals surface area contributed by atoms with Crippen LogP contribution in [0.2, 0.25) is 0 Å². The van der Waals surface area contributed by atoms with Crippen molar-refractivity contribution >= 4 is 21.6 Å². The van der Waals surface area contributed by atoms with E-state index < -0.39 is 10.0 Å². The summed E-state index contributed by atoms with van der Waals surface area (Å²) in [5.74, 6) is -0.176. The third kappa shape index (κ3) is 4.14. The Bertz CT molecular complexity index is 899. The maximum atomic E-state index is 13.1.